The van der Waals surface area contributed by atoms with Gasteiger partial charge in [0.2, 0.25) is 0 Å². The molecule has 5 heteroatoms. The summed E-state index contributed by atoms with van der Waals surface area (Å²) >= 11 is 13.2. The Morgan fingerprint density at radius 2 is 2.06 bits per heavy atom. The summed E-state index contributed by atoms with van der Waals surface area (Å²) < 4.78 is 14.6. The molecule has 0 aliphatic carbocycles. The number of likely N-dealkylation sites (N-methyl/N-ethyl adjacent to an activating group) is 1. The average Bonchev–Trinajstić information content (AvgIpc) is 2.72. The zero-order valence-corrected chi connectivity index (χ0v) is 12.0. The fraction of sp³-hybridized carbons (Fsp3) is 0.231. The van der Waals surface area contributed by atoms with Gasteiger partial charge in [-0.1, -0.05) is 29.3 Å². The Bertz CT molecular complexity index is 542. The normalized spacial score (nSPS) is 12.7. The van der Waals surface area contributed by atoms with Crippen molar-refractivity contribution in [2.75, 3.05) is 7.05 Å². The summed E-state index contributed by atoms with van der Waals surface area (Å²) in [5, 5.41) is 3.52. The van der Waals surface area contributed by atoms with Gasteiger partial charge in [0.1, 0.15) is 5.82 Å². The second-order valence-electron chi connectivity index (χ2n) is 3.92. The lowest BCUT2D eigenvalue weighted by Crippen LogP contribution is -2.19. The van der Waals surface area contributed by atoms with Gasteiger partial charge < -0.3 is 5.32 Å². The topological polar surface area (TPSA) is 12.0 Å². The maximum atomic E-state index is 13.8. The number of nitrogens with one attached hydrogen (secondary N) is 1. The molecule has 1 atom stereocenters. The minimum absolute atomic E-state index is 0.0861. The zero-order valence-electron chi connectivity index (χ0n) is 9.71. The minimum Gasteiger partial charge on any atom is -0.313 e. The van der Waals surface area contributed by atoms with E-state index in [0.29, 0.717) is 17.0 Å². The lowest BCUT2D eigenvalue weighted by molar-refractivity contribution is 0.536. The third-order valence-corrected chi connectivity index (χ3v) is 4.21. The molecule has 1 N–H and O–H groups in total. The van der Waals surface area contributed by atoms with Gasteiger partial charge in [0.05, 0.1) is 4.34 Å². The molecule has 2 rings (SSSR count). The summed E-state index contributed by atoms with van der Waals surface area (Å²) in [6.07, 6.45) is 0.701. The van der Waals surface area contributed by atoms with Crippen LogP contribution in [0.1, 0.15) is 16.5 Å². The van der Waals surface area contributed by atoms with Crippen LogP contribution in [-0.4, -0.2) is 7.05 Å². The van der Waals surface area contributed by atoms with E-state index in [1.807, 2.05) is 19.2 Å². The highest BCUT2D eigenvalue weighted by Gasteiger charge is 2.15. The molecule has 0 saturated carbocycles. The number of benzene rings is 1. The molecule has 1 aromatic heterocycles. The van der Waals surface area contributed by atoms with Crippen LogP contribution in [0.4, 0.5) is 4.39 Å². The highest BCUT2D eigenvalue weighted by molar-refractivity contribution is 7.16. The van der Waals surface area contributed by atoms with Crippen molar-refractivity contribution < 1.29 is 4.39 Å². The van der Waals surface area contributed by atoms with Crippen LogP contribution in [0.3, 0.4) is 0 Å². The maximum absolute atomic E-state index is 13.8. The van der Waals surface area contributed by atoms with Crippen molar-refractivity contribution in [1.29, 1.82) is 0 Å². The predicted molar refractivity (Wildman–Crippen MR) is 76.2 cm³/mol. The van der Waals surface area contributed by atoms with Crippen molar-refractivity contribution in [3.05, 3.63) is 55.9 Å². The molecule has 0 saturated heterocycles. The largest absolute Gasteiger partial charge is 0.313 e. The molecule has 18 heavy (non-hydrogen) atoms. The average molecular weight is 304 g/mol. The standard InChI is InChI=1S/C13H12Cl2FNS/c1-17-12(7-9-3-5-13(15)18-9)10-4-2-8(14)6-11(10)16/h2-6,12,17H,7H2,1H3. The van der Waals surface area contributed by atoms with Crippen molar-refractivity contribution in [1.82, 2.24) is 5.32 Å². The molecule has 0 fully saturated rings. The first-order chi connectivity index (χ1) is 8.60. The fourth-order valence-corrected chi connectivity index (χ4v) is 3.11. The molecule has 0 amide bonds. The molecule has 96 valence electrons. The molecule has 0 radical (unpaired) electrons. The number of thiophene rings is 1. The Hall–Kier alpha value is -0.610. The summed E-state index contributed by atoms with van der Waals surface area (Å²) in [6, 6.07) is 8.48. The van der Waals surface area contributed by atoms with Crippen LogP contribution in [0.15, 0.2) is 30.3 Å². The van der Waals surface area contributed by atoms with Crippen LogP contribution >= 0.6 is 34.5 Å². The first-order valence-corrected chi connectivity index (χ1v) is 7.04. The van der Waals surface area contributed by atoms with Gasteiger partial charge >= 0.3 is 0 Å². The Kier molecular flexibility index (Phi) is 4.62. The quantitative estimate of drug-likeness (QED) is 0.863. The number of halogens is 3. The Balaban J connectivity index is 2.22. The van der Waals surface area contributed by atoms with Crippen LogP contribution in [0.2, 0.25) is 9.36 Å². The Morgan fingerprint density at radius 3 is 2.61 bits per heavy atom. The molecule has 0 spiro atoms. The van der Waals surface area contributed by atoms with Gasteiger partial charge in [-0.2, -0.15) is 0 Å². The second kappa shape index (κ2) is 6.02. The number of hydrogen-bond donors (Lipinski definition) is 1. The molecule has 1 aromatic carbocycles. The van der Waals surface area contributed by atoms with Crippen LogP contribution < -0.4 is 5.32 Å². The fourth-order valence-electron chi connectivity index (χ4n) is 1.81. The van der Waals surface area contributed by atoms with E-state index >= 15 is 0 Å². The first-order valence-electron chi connectivity index (χ1n) is 5.46. The molecule has 2 aromatic rings. The third-order valence-electron chi connectivity index (χ3n) is 2.72. The summed E-state index contributed by atoms with van der Waals surface area (Å²) in [7, 11) is 1.81. The van der Waals surface area contributed by atoms with Gasteiger partial charge in [0.25, 0.3) is 0 Å². The monoisotopic (exact) mass is 303 g/mol. The zero-order chi connectivity index (χ0) is 13.1. The number of rotatable bonds is 4. The van der Waals surface area contributed by atoms with Crippen LogP contribution in [0.5, 0.6) is 0 Å². The third kappa shape index (κ3) is 3.23. The van der Waals surface area contributed by atoms with Crippen LogP contribution in [0, 0.1) is 5.82 Å². The maximum Gasteiger partial charge on any atom is 0.129 e. The van der Waals surface area contributed by atoms with E-state index in [4.69, 9.17) is 23.2 Å². The van der Waals surface area contributed by atoms with Crippen LogP contribution in [-0.2, 0) is 6.42 Å². The molecule has 0 aliphatic heterocycles. The first kappa shape index (κ1) is 13.8. The van der Waals surface area contributed by atoms with E-state index < -0.39 is 0 Å². The summed E-state index contributed by atoms with van der Waals surface area (Å²) in [4.78, 5) is 1.12. The van der Waals surface area contributed by atoms with E-state index in [0.717, 1.165) is 9.21 Å². The molecular formula is C13H12Cl2FNS. The van der Waals surface area contributed by atoms with E-state index in [2.05, 4.69) is 5.32 Å². The van der Waals surface area contributed by atoms with Gasteiger partial charge in [-0.05, 0) is 31.3 Å². The van der Waals surface area contributed by atoms with E-state index in [1.165, 1.54) is 17.4 Å². The summed E-state index contributed by atoms with van der Waals surface area (Å²) in [6.45, 7) is 0. The van der Waals surface area contributed by atoms with Gasteiger partial charge in [0.15, 0.2) is 0 Å². The molecule has 1 heterocycles. The summed E-state index contributed by atoms with van der Waals surface area (Å²) in [5.74, 6) is -0.287. The predicted octanol–water partition coefficient (Wildman–Crippen LogP) is 4.70. The molecular weight excluding hydrogens is 292 g/mol. The van der Waals surface area contributed by atoms with E-state index in [1.54, 1.807) is 12.1 Å². The van der Waals surface area contributed by atoms with Crippen LogP contribution in [0.25, 0.3) is 0 Å². The Labute approximate surface area is 120 Å². The van der Waals surface area contributed by atoms with E-state index in [-0.39, 0.29) is 11.9 Å². The highest BCUT2D eigenvalue weighted by atomic mass is 35.5. The van der Waals surface area contributed by atoms with Gasteiger partial charge in [0, 0.05) is 27.9 Å². The molecule has 0 bridgehead atoms. The second-order valence-corrected chi connectivity index (χ2v) is 6.15. The minimum atomic E-state index is -0.287. The van der Waals surface area contributed by atoms with Crippen molar-refractivity contribution in [3.63, 3.8) is 0 Å². The van der Waals surface area contributed by atoms with Crippen molar-refractivity contribution in [2.45, 2.75) is 12.5 Å². The molecule has 1 unspecified atom stereocenters. The summed E-state index contributed by atoms with van der Waals surface area (Å²) in [5.41, 5.74) is 0.617. The van der Waals surface area contributed by atoms with Crippen molar-refractivity contribution in [2.24, 2.45) is 0 Å². The van der Waals surface area contributed by atoms with Gasteiger partial charge in [-0.3, -0.25) is 0 Å². The number of hydrogen-bond acceptors (Lipinski definition) is 2. The lowest BCUT2D eigenvalue weighted by Gasteiger charge is -2.16. The molecule has 0 aliphatic rings. The Morgan fingerprint density at radius 1 is 1.28 bits per heavy atom. The SMILES string of the molecule is CNC(Cc1ccc(Cl)s1)c1ccc(Cl)cc1F. The van der Waals surface area contributed by atoms with Crippen molar-refractivity contribution >= 4 is 34.5 Å². The molecule has 1 nitrogen and oxygen atoms in total. The van der Waals surface area contributed by atoms with Gasteiger partial charge in [-0.15, -0.1) is 11.3 Å². The smallest absolute Gasteiger partial charge is 0.129 e. The van der Waals surface area contributed by atoms with Gasteiger partial charge in [-0.25, -0.2) is 4.39 Å². The highest BCUT2D eigenvalue weighted by Crippen LogP contribution is 2.28. The lowest BCUT2D eigenvalue weighted by atomic mass is 10.0. The van der Waals surface area contributed by atoms with Crippen molar-refractivity contribution in [3.8, 4) is 0 Å². The van der Waals surface area contributed by atoms with E-state index in [9.17, 15) is 4.39 Å².